The maximum atomic E-state index is 12.5. The van der Waals surface area contributed by atoms with Crippen molar-refractivity contribution in [1.82, 2.24) is 4.72 Å². The van der Waals surface area contributed by atoms with E-state index in [-0.39, 0.29) is 22.8 Å². The standard InChI is InChI=1S/C23H23NO6S/c1-3-17-6-8-18(9-7-17)22(25)16(2)30-23(26)19-10-12-21(13-11-19)31(27,28)24-15-20-5-4-14-29-20/h4-14,16,24H,3,15H2,1-2H3. The van der Waals surface area contributed by atoms with Crippen LogP contribution < -0.4 is 4.72 Å². The molecule has 1 N–H and O–H groups in total. The van der Waals surface area contributed by atoms with Crippen LogP contribution in [0.2, 0.25) is 0 Å². The van der Waals surface area contributed by atoms with Crippen LogP contribution in [-0.2, 0) is 27.7 Å². The zero-order chi connectivity index (χ0) is 22.4. The monoisotopic (exact) mass is 441 g/mol. The lowest BCUT2D eigenvalue weighted by Gasteiger charge is -2.13. The number of hydrogen-bond donors (Lipinski definition) is 1. The largest absolute Gasteiger partial charge is 0.468 e. The summed E-state index contributed by atoms with van der Waals surface area (Å²) in [5, 5.41) is 0. The van der Waals surface area contributed by atoms with Gasteiger partial charge in [-0.05, 0) is 55.3 Å². The van der Waals surface area contributed by atoms with Crippen LogP contribution in [0.1, 0.15) is 45.9 Å². The molecule has 7 nitrogen and oxygen atoms in total. The molecule has 0 spiro atoms. The molecule has 1 atom stereocenters. The molecule has 0 amide bonds. The molecule has 1 unspecified atom stereocenters. The van der Waals surface area contributed by atoms with Crippen molar-refractivity contribution >= 4 is 21.8 Å². The van der Waals surface area contributed by atoms with E-state index in [1.54, 1.807) is 24.3 Å². The molecule has 1 heterocycles. The van der Waals surface area contributed by atoms with E-state index in [9.17, 15) is 18.0 Å². The molecule has 0 aliphatic heterocycles. The van der Waals surface area contributed by atoms with E-state index in [2.05, 4.69) is 4.72 Å². The molecular weight excluding hydrogens is 418 g/mol. The fraction of sp³-hybridized carbons (Fsp3) is 0.217. The summed E-state index contributed by atoms with van der Waals surface area (Å²) in [6.07, 6.45) is 1.34. The van der Waals surface area contributed by atoms with Crippen molar-refractivity contribution in [2.45, 2.75) is 37.8 Å². The first kappa shape index (κ1) is 22.5. The Morgan fingerprint density at radius 2 is 1.65 bits per heavy atom. The number of benzene rings is 2. The second kappa shape index (κ2) is 9.72. The molecule has 1 aromatic heterocycles. The number of Topliss-reactive ketones (excluding diaryl/α,β-unsaturated/α-hetero) is 1. The lowest BCUT2D eigenvalue weighted by Crippen LogP contribution is -2.25. The lowest BCUT2D eigenvalue weighted by molar-refractivity contribution is 0.0318. The van der Waals surface area contributed by atoms with Crippen LogP contribution in [-0.4, -0.2) is 26.3 Å². The predicted octanol–water partition coefficient (Wildman–Crippen LogP) is 3.75. The Morgan fingerprint density at radius 3 is 2.23 bits per heavy atom. The highest BCUT2D eigenvalue weighted by molar-refractivity contribution is 7.89. The quantitative estimate of drug-likeness (QED) is 0.401. The number of furan rings is 1. The summed E-state index contributed by atoms with van der Waals surface area (Å²) in [5.74, 6) is -0.539. The van der Waals surface area contributed by atoms with Crippen LogP contribution in [0.15, 0.2) is 76.2 Å². The average molecular weight is 442 g/mol. The molecule has 0 aliphatic carbocycles. The van der Waals surface area contributed by atoms with Crippen LogP contribution >= 0.6 is 0 Å². The van der Waals surface area contributed by atoms with Gasteiger partial charge in [-0.1, -0.05) is 31.2 Å². The fourth-order valence-electron chi connectivity index (χ4n) is 2.85. The number of sulfonamides is 1. The zero-order valence-electron chi connectivity index (χ0n) is 17.2. The second-order valence-corrected chi connectivity index (χ2v) is 8.66. The van der Waals surface area contributed by atoms with Gasteiger partial charge in [-0.15, -0.1) is 0 Å². The molecule has 8 heteroatoms. The molecule has 31 heavy (non-hydrogen) atoms. The van der Waals surface area contributed by atoms with Gasteiger partial charge in [0.05, 0.1) is 23.3 Å². The van der Waals surface area contributed by atoms with Gasteiger partial charge in [0.2, 0.25) is 15.8 Å². The Hall–Kier alpha value is -3.23. The highest BCUT2D eigenvalue weighted by Gasteiger charge is 2.21. The van der Waals surface area contributed by atoms with Crippen molar-refractivity contribution in [2.75, 3.05) is 0 Å². The predicted molar refractivity (Wildman–Crippen MR) is 114 cm³/mol. The Kier molecular flexibility index (Phi) is 7.04. The molecule has 0 saturated carbocycles. The van der Waals surface area contributed by atoms with Gasteiger partial charge in [0.15, 0.2) is 6.10 Å². The van der Waals surface area contributed by atoms with Gasteiger partial charge in [-0.3, -0.25) is 4.79 Å². The minimum Gasteiger partial charge on any atom is -0.468 e. The molecule has 0 bridgehead atoms. The van der Waals surface area contributed by atoms with E-state index in [0.29, 0.717) is 11.3 Å². The van der Waals surface area contributed by atoms with Gasteiger partial charge < -0.3 is 9.15 Å². The number of ketones is 1. The molecule has 0 fully saturated rings. The third kappa shape index (κ3) is 5.68. The van der Waals surface area contributed by atoms with Crippen LogP contribution in [0.5, 0.6) is 0 Å². The number of esters is 1. The average Bonchev–Trinajstić information content (AvgIpc) is 3.31. The third-order valence-corrected chi connectivity index (χ3v) is 6.13. The summed E-state index contributed by atoms with van der Waals surface area (Å²) in [7, 11) is -3.77. The van der Waals surface area contributed by atoms with Crippen molar-refractivity contribution in [1.29, 1.82) is 0 Å². The second-order valence-electron chi connectivity index (χ2n) is 6.89. The van der Waals surface area contributed by atoms with Gasteiger partial charge >= 0.3 is 5.97 Å². The Labute approximate surface area is 181 Å². The number of carbonyl (C=O) groups excluding carboxylic acids is 2. The molecule has 0 saturated heterocycles. The summed E-state index contributed by atoms with van der Waals surface area (Å²) >= 11 is 0. The summed E-state index contributed by atoms with van der Waals surface area (Å²) < 4.78 is 37.5. The Morgan fingerprint density at radius 1 is 1.00 bits per heavy atom. The zero-order valence-corrected chi connectivity index (χ0v) is 18.0. The highest BCUT2D eigenvalue weighted by atomic mass is 32.2. The van der Waals surface area contributed by atoms with Gasteiger partial charge in [-0.2, -0.15) is 0 Å². The van der Waals surface area contributed by atoms with Gasteiger partial charge in [-0.25, -0.2) is 17.9 Å². The van der Waals surface area contributed by atoms with E-state index in [1.165, 1.54) is 37.5 Å². The van der Waals surface area contributed by atoms with Crippen LogP contribution in [0, 0.1) is 0 Å². The molecule has 2 aromatic carbocycles. The van der Waals surface area contributed by atoms with Crippen molar-refractivity contribution in [3.8, 4) is 0 Å². The first-order valence-corrected chi connectivity index (χ1v) is 11.2. The summed E-state index contributed by atoms with van der Waals surface area (Å²) in [5.41, 5.74) is 1.71. The normalized spacial score (nSPS) is 12.3. The van der Waals surface area contributed by atoms with Crippen LogP contribution in [0.4, 0.5) is 0 Å². The molecule has 3 rings (SSSR count). The number of aryl methyl sites for hydroxylation is 1. The van der Waals surface area contributed by atoms with Crippen molar-refractivity contribution in [3.05, 3.63) is 89.4 Å². The summed E-state index contributed by atoms with van der Waals surface area (Å²) in [6.45, 7) is 3.54. The third-order valence-electron chi connectivity index (χ3n) is 4.72. The van der Waals surface area contributed by atoms with Crippen LogP contribution in [0.25, 0.3) is 0 Å². The lowest BCUT2D eigenvalue weighted by atomic mass is 10.0. The van der Waals surface area contributed by atoms with Crippen molar-refractivity contribution < 1.29 is 27.2 Å². The van der Waals surface area contributed by atoms with Gasteiger partial charge in [0.25, 0.3) is 0 Å². The Bertz CT molecular complexity index is 1130. The number of ether oxygens (including phenoxy) is 1. The molecule has 0 aliphatic rings. The molecule has 162 valence electrons. The van der Waals surface area contributed by atoms with E-state index in [4.69, 9.17) is 9.15 Å². The van der Waals surface area contributed by atoms with Crippen molar-refractivity contribution in [3.63, 3.8) is 0 Å². The molecule has 3 aromatic rings. The summed E-state index contributed by atoms with van der Waals surface area (Å²) in [6, 6.07) is 15.8. The minimum atomic E-state index is -3.77. The highest BCUT2D eigenvalue weighted by Crippen LogP contribution is 2.15. The van der Waals surface area contributed by atoms with E-state index in [0.717, 1.165) is 12.0 Å². The van der Waals surface area contributed by atoms with Gasteiger partial charge in [0.1, 0.15) is 5.76 Å². The smallest absolute Gasteiger partial charge is 0.338 e. The number of nitrogens with one attached hydrogen (secondary N) is 1. The SMILES string of the molecule is CCc1ccc(C(=O)C(C)OC(=O)c2ccc(S(=O)(=O)NCc3ccco3)cc2)cc1. The number of hydrogen-bond acceptors (Lipinski definition) is 6. The Balaban J connectivity index is 1.61. The van der Waals surface area contributed by atoms with Gasteiger partial charge in [0, 0.05) is 5.56 Å². The van der Waals surface area contributed by atoms with E-state index in [1.807, 2.05) is 19.1 Å². The molecular formula is C23H23NO6S. The minimum absolute atomic E-state index is 0.00394. The first-order chi connectivity index (χ1) is 14.8. The van der Waals surface area contributed by atoms with Crippen LogP contribution in [0.3, 0.4) is 0 Å². The number of carbonyl (C=O) groups is 2. The van der Waals surface area contributed by atoms with Crippen molar-refractivity contribution in [2.24, 2.45) is 0 Å². The maximum absolute atomic E-state index is 12.5. The topological polar surface area (TPSA) is 103 Å². The maximum Gasteiger partial charge on any atom is 0.338 e. The summed E-state index contributed by atoms with van der Waals surface area (Å²) in [4.78, 5) is 24.9. The number of rotatable bonds is 9. The molecule has 0 radical (unpaired) electrons. The van der Waals surface area contributed by atoms with E-state index >= 15 is 0 Å². The van der Waals surface area contributed by atoms with E-state index < -0.39 is 22.1 Å². The fourth-order valence-corrected chi connectivity index (χ4v) is 3.85. The first-order valence-electron chi connectivity index (χ1n) is 9.76.